The van der Waals surface area contributed by atoms with Crippen molar-refractivity contribution < 1.29 is 9.52 Å². The van der Waals surface area contributed by atoms with Crippen LogP contribution in [-0.4, -0.2) is 21.5 Å². The summed E-state index contributed by atoms with van der Waals surface area (Å²) >= 11 is 3.23. The third-order valence-corrected chi connectivity index (χ3v) is 3.31. The zero-order chi connectivity index (χ0) is 13.8. The number of nitrogens with zero attached hydrogens (tertiary/aromatic N) is 2. The Morgan fingerprint density at radius 3 is 2.95 bits per heavy atom. The van der Waals surface area contributed by atoms with Crippen LogP contribution in [-0.2, 0) is 13.1 Å². The molecule has 0 aromatic carbocycles. The van der Waals surface area contributed by atoms with Crippen LogP contribution in [0.4, 0.5) is 5.69 Å². The van der Waals surface area contributed by atoms with E-state index in [4.69, 9.17) is 9.52 Å². The number of hydrogen-bond acceptors (Lipinski definition) is 5. The minimum atomic E-state index is -0.283. The summed E-state index contributed by atoms with van der Waals surface area (Å²) in [6.07, 6.45) is 1.54. The van der Waals surface area contributed by atoms with Gasteiger partial charge in [-0.05, 0) is 35.0 Å². The standard InChI is InChI=1S/C12H14BrN3O3/c1-8-2-3-9(19-8)6-14-10-7-15-16(4-5-17)12(18)11(10)13/h2-3,7,14,17H,4-6H2,1H3. The molecule has 2 heterocycles. The number of halogens is 1. The largest absolute Gasteiger partial charge is 0.465 e. The molecule has 0 spiro atoms. The molecule has 0 saturated heterocycles. The van der Waals surface area contributed by atoms with Gasteiger partial charge in [0.25, 0.3) is 5.56 Å². The van der Waals surface area contributed by atoms with E-state index in [2.05, 4.69) is 26.3 Å². The minimum absolute atomic E-state index is 0.127. The van der Waals surface area contributed by atoms with Crippen LogP contribution in [0.5, 0.6) is 0 Å². The molecule has 0 fully saturated rings. The lowest BCUT2D eigenvalue weighted by atomic mass is 10.4. The third-order valence-electron chi connectivity index (χ3n) is 2.55. The molecule has 0 unspecified atom stereocenters. The van der Waals surface area contributed by atoms with E-state index >= 15 is 0 Å². The summed E-state index contributed by atoms with van der Waals surface area (Å²) < 4.78 is 7.01. The van der Waals surface area contributed by atoms with Gasteiger partial charge in [-0.1, -0.05) is 0 Å². The average molecular weight is 328 g/mol. The summed E-state index contributed by atoms with van der Waals surface area (Å²) in [5.41, 5.74) is 0.308. The lowest BCUT2D eigenvalue weighted by Gasteiger charge is -2.08. The van der Waals surface area contributed by atoms with Crippen molar-refractivity contribution in [1.29, 1.82) is 0 Å². The number of aliphatic hydroxyl groups excluding tert-OH is 1. The number of nitrogens with one attached hydrogen (secondary N) is 1. The van der Waals surface area contributed by atoms with Gasteiger partial charge in [0.2, 0.25) is 0 Å². The quantitative estimate of drug-likeness (QED) is 0.870. The predicted octanol–water partition coefficient (Wildman–Crippen LogP) is 1.51. The zero-order valence-corrected chi connectivity index (χ0v) is 12.0. The number of aliphatic hydroxyl groups is 1. The van der Waals surface area contributed by atoms with Crippen LogP contribution < -0.4 is 10.9 Å². The predicted molar refractivity (Wildman–Crippen MR) is 74.1 cm³/mol. The second-order valence-corrected chi connectivity index (χ2v) is 4.78. The summed E-state index contributed by atoms with van der Waals surface area (Å²) in [6, 6.07) is 3.75. The van der Waals surface area contributed by atoms with Crippen molar-refractivity contribution in [3.63, 3.8) is 0 Å². The Labute approximate surface area is 118 Å². The molecular weight excluding hydrogens is 314 g/mol. The smallest absolute Gasteiger partial charge is 0.283 e. The van der Waals surface area contributed by atoms with E-state index in [-0.39, 0.29) is 18.7 Å². The summed E-state index contributed by atoms with van der Waals surface area (Å²) in [5, 5.41) is 15.9. The van der Waals surface area contributed by atoms with Crippen LogP contribution in [0.1, 0.15) is 11.5 Å². The molecule has 6 nitrogen and oxygen atoms in total. The first-order valence-corrected chi connectivity index (χ1v) is 6.57. The molecule has 0 atom stereocenters. The molecule has 102 valence electrons. The van der Waals surface area contributed by atoms with Crippen molar-refractivity contribution in [3.8, 4) is 0 Å². The van der Waals surface area contributed by atoms with Crippen LogP contribution >= 0.6 is 15.9 Å². The van der Waals surface area contributed by atoms with E-state index in [0.29, 0.717) is 16.7 Å². The van der Waals surface area contributed by atoms with Gasteiger partial charge in [-0.25, -0.2) is 4.68 Å². The van der Waals surface area contributed by atoms with Gasteiger partial charge in [0, 0.05) is 0 Å². The molecule has 0 amide bonds. The van der Waals surface area contributed by atoms with Gasteiger partial charge >= 0.3 is 0 Å². The number of hydrogen-bond donors (Lipinski definition) is 2. The topological polar surface area (TPSA) is 80.3 Å². The number of aromatic nitrogens is 2. The number of rotatable bonds is 5. The maximum atomic E-state index is 11.9. The van der Waals surface area contributed by atoms with Crippen LogP contribution in [0.3, 0.4) is 0 Å². The van der Waals surface area contributed by atoms with Crippen molar-refractivity contribution >= 4 is 21.6 Å². The van der Waals surface area contributed by atoms with Crippen LogP contribution in [0.25, 0.3) is 0 Å². The Bertz CT molecular complexity index is 621. The highest BCUT2D eigenvalue weighted by atomic mass is 79.9. The SMILES string of the molecule is Cc1ccc(CNc2cnn(CCO)c(=O)c2Br)o1. The van der Waals surface area contributed by atoms with Crippen LogP contribution in [0.2, 0.25) is 0 Å². The first kappa shape index (κ1) is 13.8. The second kappa shape index (κ2) is 6.03. The highest BCUT2D eigenvalue weighted by Crippen LogP contribution is 2.17. The second-order valence-electron chi connectivity index (χ2n) is 3.99. The third kappa shape index (κ3) is 3.24. The van der Waals surface area contributed by atoms with Crippen molar-refractivity contribution in [2.24, 2.45) is 0 Å². The van der Waals surface area contributed by atoms with E-state index in [0.717, 1.165) is 11.5 Å². The maximum Gasteiger partial charge on any atom is 0.283 e. The summed E-state index contributed by atoms with van der Waals surface area (Å²) in [5.74, 6) is 1.62. The highest BCUT2D eigenvalue weighted by molar-refractivity contribution is 9.10. The van der Waals surface area contributed by atoms with E-state index in [1.165, 1.54) is 10.9 Å². The molecule has 0 bridgehead atoms. The van der Waals surface area contributed by atoms with E-state index in [9.17, 15) is 4.79 Å². The van der Waals surface area contributed by atoms with Gasteiger partial charge in [-0.2, -0.15) is 5.10 Å². The highest BCUT2D eigenvalue weighted by Gasteiger charge is 2.09. The number of aryl methyl sites for hydroxylation is 1. The van der Waals surface area contributed by atoms with Crippen molar-refractivity contribution in [2.45, 2.75) is 20.0 Å². The first-order chi connectivity index (χ1) is 9.11. The first-order valence-electron chi connectivity index (χ1n) is 5.77. The monoisotopic (exact) mass is 327 g/mol. The number of furan rings is 1. The molecule has 2 rings (SSSR count). The van der Waals surface area contributed by atoms with Crippen molar-refractivity contribution in [2.75, 3.05) is 11.9 Å². The fraction of sp³-hybridized carbons (Fsp3) is 0.333. The van der Waals surface area contributed by atoms with Gasteiger partial charge in [0.05, 0.1) is 31.6 Å². The summed E-state index contributed by atoms with van der Waals surface area (Å²) in [7, 11) is 0. The van der Waals surface area contributed by atoms with Crippen LogP contribution in [0.15, 0.2) is 32.0 Å². The van der Waals surface area contributed by atoms with Gasteiger partial charge in [0.15, 0.2) is 0 Å². The maximum absolute atomic E-state index is 11.9. The molecule has 0 saturated carbocycles. The van der Waals surface area contributed by atoms with Crippen molar-refractivity contribution in [3.05, 3.63) is 44.7 Å². The molecule has 2 aromatic heterocycles. The fourth-order valence-corrected chi connectivity index (χ4v) is 2.05. The summed E-state index contributed by atoms with van der Waals surface area (Å²) in [6.45, 7) is 2.39. The lowest BCUT2D eigenvalue weighted by Crippen LogP contribution is -2.25. The van der Waals surface area contributed by atoms with Crippen LogP contribution in [0, 0.1) is 6.92 Å². The normalized spacial score (nSPS) is 10.7. The number of anilines is 1. The lowest BCUT2D eigenvalue weighted by molar-refractivity contribution is 0.266. The molecule has 0 radical (unpaired) electrons. The average Bonchev–Trinajstić information content (AvgIpc) is 2.80. The molecule has 0 aliphatic rings. The van der Waals surface area contributed by atoms with Gasteiger partial charge < -0.3 is 14.8 Å². The van der Waals surface area contributed by atoms with Gasteiger partial charge in [-0.15, -0.1) is 0 Å². The molecule has 7 heteroatoms. The minimum Gasteiger partial charge on any atom is -0.465 e. The van der Waals surface area contributed by atoms with E-state index < -0.39 is 0 Å². The molecule has 0 aliphatic carbocycles. The van der Waals surface area contributed by atoms with Crippen molar-refractivity contribution in [1.82, 2.24) is 9.78 Å². The van der Waals surface area contributed by atoms with Gasteiger partial charge in [-0.3, -0.25) is 4.79 Å². The molecule has 19 heavy (non-hydrogen) atoms. The van der Waals surface area contributed by atoms with E-state index in [1.54, 1.807) is 0 Å². The molecule has 2 aromatic rings. The fourth-order valence-electron chi connectivity index (χ4n) is 1.60. The molecular formula is C12H14BrN3O3. The Kier molecular flexibility index (Phi) is 4.39. The van der Waals surface area contributed by atoms with E-state index in [1.807, 2.05) is 19.1 Å². The van der Waals surface area contributed by atoms with Gasteiger partial charge in [0.1, 0.15) is 16.0 Å². The Morgan fingerprint density at radius 1 is 1.53 bits per heavy atom. The Balaban J connectivity index is 2.13. The Hall–Kier alpha value is -1.60. The summed E-state index contributed by atoms with van der Waals surface area (Å²) in [4.78, 5) is 11.9. The molecule has 0 aliphatic heterocycles. The Morgan fingerprint density at radius 2 is 2.32 bits per heavy atom. The molecule has 2 N–H and O–H groups in total. The zero-order valence-electron chi connectivity index (χ0n) is 10.4.